The molecule has 0 radical (unpaired) electrons. The number of aromatic nitrogens is 1. The van der Waals surface area contributed by atoms with Gasteiger partial charge in [-0.3, -0.25) is 10.8 Å². The Morgan fingerprint density at radius 3 is 2.53 bits per heavy atom. The van der Waals surface area contributed by atoms with Gasteiger partial charge in [0.25, 0.3) is 0 Å². The van der Waals surface area contributed by atoms with Crippen LogP contribution < -0.4 is 0 Å². The number of H-pyrrole nitrogens is 1. The van der Waals surface area contributed by atoms with Gasteiger partial charge in [-0.1, -0.05) is 19.9 Å². The van der Waals surface area contributed by atoms with Crippen LogP contribution in [-0.4, -0.2) is 20.7 Å². The summed E-state index contributed by atoms with van der Waals surface area (Å²) in [5.74, 6) is 0. The van der Waals surface area contributed by atoms with E-state index in [4.69, 9.17) is 10.8 Å². The van der Waals surface area contributed by atoms with Gasteiger partial charge >= 0.3 is 0 Å². The molecule has 0 bridgehead atoms. The number of thioether (sulfide) groups is 2. The maximum Gasteiger partial charge on any atom is 0.127 e. The molecule has 0 saturated carbocycles. The van der Waals surface area contributed by atoms with Gasteiger partial charge < -0.3 is 4.98 Å². The van der Waals surface area contributed by atoms with Crippen molar-refractivity contribution in [3.05, 3.63) is 35.5 Å². The minimum atomic E-state index is 0.423. The molecule has 0 fully saturated rings. The first-order chi connectivity index (χ1) is 9.11. The van der Waals surface area contributed by atoms with Gasteiger partial charge in [-0.25, -0.2) is 0 Å². The van der Waals surface area contributed by atoms with Crippen molar-refractivity contribution in [3.8, 4) is 0 Å². The molecule has 1 heterocycles. The molecule has 2 rings (SSSR count). The summed E-state index contributed by atoms with van der Waals surface area (Å²) in [4.78, 5) is 3.18. The number of rotatable bonds is 1. The predicted molar refractivity (Wildman–Crippen MR) is 90.0 cm³/mol. The average Bonchev–Trinajstić information content (AvgIpc) is 2.82. The van der Waals surface area contributed by atoms with Gasteiger partial charge in [-0.2, -0.15) is 0 Å². The van der Waals surface area contributed by atoms with E-state index in [1.165, 1.54) is 29.1 Å². The highest BCUT2D eigenvalue weighted by molar-refractivity contribution is 8.44. The van der Waals surface area contributed by atoms with Crippen LogP contribution in [0.3, 0.4) is 0 Å². The summed E-state index contributed by atoms with van der Waals surface area (Å²) < 4.78 is 0.445. The Bertz CT molecular complexity index is 587. The zero-order valence-electron chi connectivity index (χ0n) is 11.6. The van der Waals surface area contributed by atoms with E-state index in [9.17, 15) is 0 Å². The van der Waals surface area contributed by atoms with Crippen LogP contribution in [0.5, 0.6) is 0 Å². The largest absolute Gasteiger partial charge is 0.361 e. The lowest BCUT2D eigenvalue weighted by atomic mass is 10.1. The fraction of sp³-hybridized carbons (Fsp3) is 0.286. The van der Waals surface area contributed by atoms with E-state index in [-0.39, 0.29) is 0 Å². The van der Waals surface area contributed by atoms with E-state index in [2.05, 4.69) is 4.98 Å². The van der Waals surface area contributed by atoms with Crippen molar-refractivity contribution in [1.82, 2.24) is 4.98 Å². The van der Waals surface area contributed by atoms with E-state index in [1.54, 1.807) is 0 Å². The topological polar surface area (TPSA) is 63.5 Å². The molecule has 3 nitrogen and oxygen atoms in total. The summed E-state index contributed by atoms with van der Waals surface area (Å²) in [6.45, 7) is 6.04. The number of benzene rings is 1. The third-order valence-electron chi connectivity index (χ3n) is 2.53. The molecule has 102 valence electrons. The van der Waals surface area contributed by atoms with Crippen molar-refractivity contribution < 1.29 is 0 Å². The third-order valence-corrected chi connectivity index (χ3v) is 4.28. The molecule has 0 aliphatic rings. The second kappa shape index (κ2) is 7.40. The van der Waals surface area contributed by atoms with Gasteiger partial charge in [0.15, 0.2) is 0 Å². The van der Waals surface area contributed by atoms with Crippen LogP contribution in [-0.2, 0) is 0 Å². The summed E-state index contributed by atoms with van der Waals surface area (Å²) >= 11 is 2.54. The van der Waals surface area contributed by atoms with E-state index in [0.717, 1.165) is 16.5 Å². The van der Waals surface area contributed by atoms with E-state index in [0.29, 0.717) is 9.42 Å². The van der Waals surface area contributed by atoms with E-state index >= 15 is 0 Å². The van der Waals surface area contributed by atoms with Crippen LogP contribution in [0, 0.1) is 17.7 Å². The van der Waals surface area contributed by atoms with Crippen LogP contribution in [0.1, 0.15) is 25.0 Å². The molecule has 1 aromatic carbocycles. The summed E-state index contributed by atoms with van der Waals surface area (Å²) in [5.41, 5.74) is 3.13. The summed E-state index contributed by atoms with van der Waals surface area (Å²) in [7, 11) is 0. The second-order valence-electron chi connectivity index (χ2n) is 3.65. The molecule has 0 amide bonds. The zero-order valence-corrected chi connectivity index (χ0v) is 13.3. The van der Waals surface area contributed by atoms with Crippen LogP contribution in [0.4, 0.5) is 0 Å². The fourth-order valence-corrected chi connectivity index (χ4v) is 2.61. The Hall–Kier alpha value is -1.20. The van der Waals surface area contributed by atoms with Gasteiger partial charge in [0.2, 0.25) is 0 Å². The lowest BCUT2D eigenvalue weighted by Gasteiger charge is -2.04. The second-order valence-corrected chi connectivity index (χ2v) is 5.75. The summed E-state index contributed by atoms with van der Waals surface area (Å²) in [6, 6.07) is 5.90. The lowest BCUT2D eigenvalue weighted by molar-refractivity contribution is 1.43. The molecule has 0 spiro atoms. The molecule has 0 aliphatic heterocycles. The quantitative estimate of drug-likeness (QED) is 0.519. The molecule has 0 aliphatic carbocycles. The van der Waals surface area contributed by atoms with Crippen molar-refractivity contribution in [2.24, 2.45) is 0 Å². The van der Waals surface area contributed by atoms with Gasteiger partial charge in [0.1, 0.15) is 9.42 Å². The van der Waals surface area contributed by atoms with Gasteiger partial charge in [-0.05, 0) is 42.6 Å². The van der Waals surface area contributed by atoms with Crippen molar-refractivity contribution in [2.45, 2.75) is 20.8 Å². The number of aryl methyl sites for hydroxylation is 1. The Morgan fingerprint density at radius 1 is 1.21 bits per heavy atom. The van der Waals surface area contributed by atoms with Crippen molar-refractivity contribution >= 4 is 43.8 Å². The van der Waals surface area contributed by atoms with Crippen LogP contribution in [0.15, 0.2) is 24.4 Å². The van der Waals surface area contributed by atoms with Gasteiger partial charge in [-0.15, -0.1) is 11.8 Å². The Balaban J connectivity index is 0.000000861. The molecule has 0 saturated heterocycles. The third kappa shape index (κ3) is 3.88. The maximum absolute atomic E-state index is 7.96. The predicted octanol–water partition coefficient (Wildman–Crippen LogP) is 4.86. The van der Waals surface area contributed by atoms with Crippen molar-refractivity contribution in [3.63, 3.8) is 0 Å². The zero-order chi connectivity index (χ0) is 14.4. The lowest BCUT2D eigenvalue weighted by Crippen LogP contribution is -1.96. The molecule has 1 aromatic heterocycles. The highest BCUT2D eigenvalue weighted by atomic mass is 32.2. The molecule has 0 unspecified atom stereocenters. The normalized spacial score (nSPS) is 9.89. The minimum absolute atomic E-state index is 0.423. The Labute approximate surface area is 122 Å². The number of hydrogen-bond donors (Lipinski definition) is 3. The Kier molecular flexibility index (Phi) is 6.18. The van der Waals surface area contributed by atoms with E-state index in [1.807, 2.05) is 51.4 Å². The number of aromatic amines is 1. The van der Waals surface area contributed by atoms with Crippen molar-refractivity contribution in [1.29, 1.82) is 10.8 Å². The first kappa shape index (κ1) is 15.9. The molecule has 5 heteroatoms. The van der Waals surface area contributed by atoms with Crippen molar-refractivity contribution in [2.75, 3.05) is 6.26 Å². The minimum Gasteiger partial charge on any atom is -0.361 e. The Morgan fingerprint density at radius 2 is 1.89 bits per heavy atom. The molecule has 2 aromatic rings. The first-order valence-electron chi connectivity index (χ1n) is 6.09. The average molecular weight is 293 g/mol. The number of fused-ring (bicyclic) bond motifs is 1. The van der Waals surface area contributed by atoms with E-state index < -0.39 is 0 Å². The first-order valence-corrected chi connectivity index (χ1v) is 8.13. The smallest absolute Gasteiger partial charge is 0.127 e. The van der Waals surface area contributed by atoms with Gasteiger partial charge in [0.05, 0.1) is 0 Å². The number of nitrogens with one attached hydrogen (secondary N) is 3. The van der Waals surface area contributed by atoms with Crippen LogP contribution >= 0.6 is 23.5 Å². The maximum atomic E-state index is 7.96. The fourth-order valence-electron chi connectivity index (χ4n) is 1.59. The molecular weight excluding hydrogens is 274 g/mol. The van der Waals surface area contributed by atoms with Crippen LogP contribution in [0.25, 0.3) is 10.9 Å². The van der Waals surface area contributed by atoms with Crippen LogP contribution in [0.2, 0.25) is 0 Å². The molecule has 3 N–H and O–H groups in total. The standard InChI is InChI=1S/C12H13N3S2.C2H6/c1-7-6-15-10-4-3-8(5-9(7)10)11(13)17-12(14)16-2;1-2/h3-6,13-15H,1-2H3;1-2H3. The SMILES string of the molecule is CC.CSC(=N)SC(=N)c1ccc2[nH]cc(C)c2c1. The molecular formula is C14H19N3S2. The monoisotopic (exact) mass is 293 g/mol. The highest BCUT2D eigenvalue weighted by Crippen LogP contribution is 2.23. The highest BCUT2D eigenvalue weighted by Gasteiger charge is 2.08. The molecule has 0 atom stereocenters. The summed E-state index contributed by atoms with van der Waals surface area (Å²) in [6.07, 6.45) is 3.82. The summed E-state index contributed by atoms with van der Waals surface area (Å²) in [5, 5.41) is 17.1. The van der Waals surface area contributed by atoms with Gasteiger partial charge in [0, 0.05) is 22.7 Å². The molecule has 19 heavy (non-hydrogen) atoms. The number of hydrogen-bond acceptors (Lipinski definition) is 4.